The molecule has 4 heterocycles. The molecule has 2 N–H and O–H groups in total. The summed E-state index contributed by atoms with van der Waals surface area (Å²) in [6, 6.07) is -0.195. The number of ketones is 1. The zero-order chi connectivity index (χ0) is 35.0. The summed E-state index contributed by atoms with van der Waals surface area (Å²) in [5.74, 6) is -2.29. The van der Waals surface area contributed by atoms with Crippen LogP contribution in [-0.2, 0) is 42.7 Å². The highest BCUT2D eigenvalue weighted by Gasteiger charge is 2.55. The minimum Gasteiger partial charge on any atom is -0.462 e. The van der Waals surface area contributed by atoms with E-state index in [4.69, 9.17) is 33.2 Å². The van der Waals surface area contributed by atoms with Gasteiger partial charge in [-0.15, -0.1) is 0 Å². The first kappa shape index (κ1) is 38.3. The van der Waals surface area contributed by atoms with Crippen LogP contribution in [0.2, 0.25) is 0 Å². The molecule has 1 spiro atoms. The molecule has 12 nitrogen and oxygen atoms in total. The van der Waals surface area contributed by atoms with Crippen molar-refractivity contribution in [2.75, 3.05) is 27.8 Å². The smallest absolute Gasteiger partial charge is 0.311 e. The maximum atomic E-state index is 13.8. The van der Waals surface area contributed by atoms with E-state index < -0.39 is 78.7 Å². The number of hydrogen-bond donors (Lipinski definition) is 2. The molecule has 0 aromatic heterocycles. The standard InChI is InChI=1S/C35H59NO11/c1-17-12-18(2)32(39)35(16-42-35)15-19(3)30(47-34-29(38)25(36(9)10)13-20(4)43-34)21(5)31(22(6)33(40)45-23(17)7)46-27-14-26(41-11)28(37)24(8)44-27/h12,17,19-31,34,37-38H,13-16H2,1-11H3. The molecule has 0 aromatic rings. The van der Waals surface area contributed by atoms with E-state index in [-0.39, 0.29) is 36.2 Å². The Labute approximate surface area is 280 Å². The summed E-state index contributed by atoms with van der Waals surface area (Å²) in [6.07, 6.45) is -3.62. The van der Waals surface area contributed by atoms with Crippen LogP contribution in [0, 0.1) is 23.7 Å². The summed E-state index contributed by atoms with van der Waals surface area (Å²) in [5, 5.41) is 22.0. The third kappa shape index (κ3) is 8.64. The minimum atomic E-state index is -0.984. The number of carbonyl (C=O) groups excluding carboxylic acids is 2. The number of aliphatic hydroxyl groups excluding tert-OH is 2. The average molecular weight is 670 g/mol. The second kappa shape index (κ2) is 15.6. The van der Waals surface area contributed by atoms with Gasteiger partial charge in [0.05, 0.1) is 43.0 Å². The van der Waals surface area contributed by atoms with Crippen LogP contribution in [0.4, 0.5) is 0 Å². The molecule has 0 aromatic carbocycles. The van der Waals surface area contributed by atoms with E-state index in [2.05, 4.69) is 0 Å². The van der Waals surface area contributed by atoms with Crippen molar-refractivity contribution in [2.45, 2.75) is 148 Å². The number of ether oxygens (including phenoxy) is 7. The Bertz CT molecular complexity index is 1110. The zero-order valence-electron chi connectivity index (χ0n) is 30.1. The van der Waals surface area contributed by atoms with Crippen molar-refractivity contribution < 1.29 is 53.0 Å². The Morgan fingerprint density at radius 2 is 1.57 bits per heavy atom. The number of methoxy groups -OCH3 is 1. The summed E-state index contributed by atoms with van der Waals surface area (Å²) in [7, 11) is 5.37. The lowest BCUT2D eigenvalue weighted by atomic mass is 9.78. The summed E-state index contributed by atoms with van der Waals surface area (Å²) < 4.78 is 43.1. The van der Waals surface area contributed by atoms with Gasteiger partial charge in [0.15, 0.2) is 24.0 Å². The van der Waals surface area contributed by atoms with Gasteiger partial charge < -0.3 is 48.3 Å². The molecular weight excluding hydrogens is 610 g/mol. The molecule has 4 rings (SSSR count). The van der Waals surface area contributed by atoms with Gasteiger partial charge in [-0.05, 0) is 73.0 Å². The summed E-state index contributed by atoms with van der Waals surface area (Å²) in [6.45, 7) is 15.2. The van der Waals surface area contributed by atoms with Gasteiger partial charge in [-0.25, -0.2) is 0 Å². The third-order valence-electron chi connectivity index (χ3n) is 10.8. The molecule has 0 saturated carbocycles. The highest BCUT2D eigenvalue weighted by molar-refractivity contribution is 6.03. The summed E-state index contributed by atoms with van der Waals surface area (Å²) in [4.78, 5) is 29.5. The SMILES string of the molecule is COC1CC(OC2C(C)C(=O)OC(C)C(C)C=C(C)C(=O)C3(CO3)CC(C)C(OC3OC(C)CC(N(C)C)C3O)C2C)OC(C)C1O. The number of likely N-dealkylation sites (N-methyl/N-ethyl adjacent to an activating group) is 1. The van der Waals surface area contributed by atoms with Crippen molar-refractivity contribution in [1.29, 1.82) is 0 Å². The highest BCUT2D eigenvalue weighted by Crippen LogP contribution is 2.42. The van der Waals surface area contributed by atoms with Crippen LogP contribution in [-0.4, -0.2) is 128 Å². The summed E-state index contributed by atoms with van der Waals surface area (Å²) >= 11 is 0. The molecule has 0 radical (unpaired) electrons. The number of cyclic esters (lactones) is 1. The molecule has 4 aliphatic heterocycles. The van der Waals surface area contributed by atoms with E-state index in [0.29, 0.717) is 25.0 Å². The average Bonchev–Trinajstić information content (AvgIpc) is 3.79. The fraction of sp³-hybridized carbons (Fsp3) is 0.886. The number of rotatable bonds is 6. The summed E-state index contributed by atoms with van der Waals surface area (Å²) in [5.41, 5.74) is -0.420. The second-order valence-corrected chi connectivity index (χ2v) is 14.8. The van der Waals surface area contributed by atoms with Crippen molar-refractivity contribution in [3.63, 3.8) is 0 Å². The Hall–Kier alpha value is -1.48. The molecule has 3 fully saturated rings. The Morgan fingerprint density at radius 1 is 0.915 bits per heavy atom. The molecule has 12 heteroatoms. The fourth-order valence-electron chi connectivity index (χ4n) is 7.54. The van der Waals surface area contributed by atoms with Gasteiger partial charge >= 0.3 is 5.97 Å². The van der Waals surface area contributed by atoms with Crippen LogP contribution in [0.15, 0.2) is 11.6 Å². The molecule has 0 aliphatic carbocycles. The molecule has 3 saturated heterocycles. The van der Waals surface area contributed by atoms with Gasteiger partial charge in [0, 0.05) is 31.4 Å². The maximum absolute atomic E-state index is 13.8. The van der Waals surface area contributed by atoms with E-state index in [0.717, 1.165) is 0 Å². The number of esters is 1. The molecule has 16 unspecified atom stereocenters. The Balaban J connectivity index is 1.74. The van der Waals surface area contributed by atoms with Crippen LogP contribution >= 0.6 is 0 Å². The largest absolute Gasteiger partial charge is 0.462 e. The van der Waals surface area contributed by atoms with Crippen LogP contribution in [0.5, 0.6) is 0 Å². The van der Waals surface area contributed by atoms with Crippen molar-refractivity contribution in [3.8, 4) is 0 Å². The van der Waals surface area contributed by atoms with Crippen molar-refractivity contribution in [2.24, 2.45) is 23.7 Å². The molecular formula is C35H59NO11. The van der Waals surface area contributed by atoms with Crippen LogP contribution < -0.4 is 0 Å². The maximum Gasteiger partial charge on any atom is 0.311 e. The number of nitrogens with zero attached hydrogens (tertiary/aromatic N) is 1. The van der Waals surface area contributed by atoms with E-state index >= 15 is 0 Å². The van der Waals surface area contributed by atoms with Crippen molar-refractivity contribution >= 4 is 11.8 Å². The Kier molecular flexibility index (Phi) is 12.7. The van der Waals surface area contributed by atoms with Crippen LogP contribution in [0.3, 0.4) is 0 Å². The van der Waals surface area contributed by atoms with Gasteiger partial charge in [0.2, 0.25) is 0 Å². The van der Waals surface area contributed by atoms with E-state index in [1.807, 2.05) is 59.7 Å². The van der Waals surface area contributed by atoms with Crippen LogP contribution in [0.25, 0.3) is 0 Å². The lowest BCUT2D eigenvalue weighted by Crippen LogP contribution is -2.57. The lowest BCUT2D eigenvalue weighted by Gasteiger charge is -2.46. The molecule has 0 bridgehead atoms. The van der Waals surface area contributed by atoms with E-state index in [1.165, 1.54) is 7.11 Å². The number of aliphatic hydroxyl groups is 2. The second-order valence-electron chi connectivity index (χ2n) is 14.8. The van der Waals surface area contributed by atoms with Gasteiger partial charge in [0.25, 0.3) is 0 Å². The van der Waals surface area contributed by atoms with Gasteiger partial charge in [-0.2, -0.15) is 0 Å². The number of epoxide rings is 1. The number of Topliss-reactive ketones (excluding diaryl/α,β-unsaturated/α-hetero) is 1. The van der Waals surface area contributed by atoms with Gasteiger partial charge in [0.1, 0.15) is 18.3 Å². The number of hydrogen-bond acceptors (Lipinski definition) is 12. The zero-order valence-corrected chi connectivity index (χ0v) is 30.1. The predicted octanol–water partition coefficient (Wildman–Crippen LogP) is 2.86. The minimum absolute atomic E-state index is 0.0941. The quantitative estimate of drug-likeness (QED) is 0.317. The first-order valence-corrected chi connectivity index (χ1v) is 17.2. The third-order valence-corrected chi connectivity index (χ3v) is 10.8. The first-order chi connectivity index (χ1) is 22.0. The molecule has 16 atom stereocenters. The Morgan fingerprint density at radius 3 is 2.17 bits per heavy atom. The monoisotopic (exact) mass is 669 g/mol. The fourth-order valence-corrected chi connectivity index (χ4v) is 7.54. The highest BCUT2D eigenvalue weighted by atomic mass is 16.7. The van der Waals surface area contributed by atoms with E-state index in [1.54, 1.807) is 20.8 Å². The van der Waals surface area contributed by atoms with Gasteiger partial charge in [-0.1, -0.05) is 26.8 Å². The van der Waals surface area contributed by atoms with Gasteiger partial charge in [-0.3, -0.25) is 9.59 Å². The lowest BCUT2D eigenvalue weighted by molar-refractivity contribution is -0.298. The normalized spacial score (nSPS) is 47.4. The van der Waals surface area contributed by atoms with E-state index in [9.17, 15) is 19.8 Å². The molecule has 270 valence electrons. The molecule has 47 heavy (non-hydrogen) atoms. The van der Waals surface area contributed by atoms with Crippen molar-refractivity contribution in [3.05, 3.63) is 11.6 Å². The predicted molar refractivity (Wildman–Crippen MR) is 172 cm³/mol. The topological polar surface area (TPSA) is 146 Å². The first-order valence-electron chi connectivity index (χ1n) is 17.2. The van der Waals surface area contributed by atoms with Crippen molar-refractivity contribution in [1.82, 2.24) is 4.90 Å². The molecule has 4 aliphatic rings. The molecule has 0 amide bonds. The number of carbonyl (C=O) groups is 2. The van der Waals surface area contributed by atoms with Crippen LogP contribution in [0.1, 0.15) is 74.7 Å².